The van der Waals surface area contributed by atoms with Crippen molar-refractivity contribution in [1.82, 2.24) is 10.6 Å². The summed E-state index contributed by atoms with van der Waals surface area (Å²) < 4.78 is 5.22. The first-order valence-electron chi connectivity index (χ1n) is 7.06. The van der Waals surface area contributed by atoms with Crippen LogP contribution in [0.1, 0.15) is 26.7 Å². The van der Waals surface area contributed by atoms with Gasteiger partial charge in [-0.25, -0.2) is 4.79 Å². The summed E-state index contributed by atoms with van der Waals surface area (Å²) in [7, 11) is 1.59. The third kappa shape index (κ3) is 3.63. The number of urea groups is 1. The van der Waals surface area contributed by atoms with Crippen LogP contribution in [0, 0.1) is 0 Å². The summed E-state index contributed by atoms with van der Waals surface area (Å²) in [5.41, 5.74) is 0.678. The Hall–Kier alpha value is -1.75. The Balaban J connectivity index is 1.92. The third-order valence-electron chi connectivity index (χ3n) is 3.73. The zero-order chi connectivity index (χ0) is 14.5. The summed E-state index contributed by atoms with van der Waals surface area (Å²) in [6.07, 6.45) is 2.07. The molecule has 3 N–H and O–H groups in total. The molecule has 1 saturated heterocycles. The third-order valence-corrected chi connectivity index (χ3v) is 3.73. The SMILES string of the molecule is COc1ccccc1NC(=O)NC1CCC(C)NC1C. The smallest absolute Gasteiger partial charge is 0.319 e. The van der Waals surface area contributed by atoms with E-state index in [4.69, 9.17) is 4.74 Å². The second-order valence-electron chi connectivity index (χ2n) is 5.34. The number of carbonyl (C=O) groups excluding carboxylic acids is 1. The van der Waals surface area contributed by atoms with Crippen LogP contribution in [-0.4, -0.2) is 31.3 Å². The van der Waals surface area contributed by atoms with Gasteiger partial charge < -0.3 is 20.7 Å². The average molecular weight is 277 g/mol. The number of ether oxygens (including phenoxy) is 1. The summed E-state index contributed by atoms with van der Waals surface area (Å²) in [4.78, 5) is 12.1. The van der Waals surface area contributed by atoms with Gasteiger partial charge >= 0.3 is 6.03 Å². The highest BCUT2D eigenvalue weighted by Crippen LogP contribution is 2.23. The van der Waals surface area contributed by atoms with Gasteiger partial charge in [0.05, 0.1) is 12.8 Å². The van der Waals surface area contributed by atoms with E-state index in [9.17, 15) is 4.79 Å². The number of carbonyl (C=O) groups is 1. The monoisotopic (exact) mass is 277 g/mol. The minimum atomic E-state index is -0.192. The van der Waals surface area contributed by atoms with Crippen molar-refractivity contribution in [3.63, 3.8) is 0 Å². The van der Waals surface area contributed by atoms with Crippen molar-refractivity contribution >= 4 is 11.7 Å². The Kier molecular flexibility index (Phi) is 4.84. The molecular formula is C15H23N3O2. The fourth-order valence-electron chi connectivity index (χ4n) is 2.60. The largest absolute Gasteiger partial charge is 0.495 e. The molecule has 0 aliphatic carbocycles. The minimum absolute atomic E-state index is 0.154. The molecule has 3 unspecified atom stereocenters. The van der Waals surface area contributed by atoms with E-state index in [-0.39, 0.29) is 18.1 Å². The molecule has 1 aliphatic rings. The van der Waals surface area contributed by atoms with E-state index in [1.807, 2.05) is 24.3 Å². The summed E-state index contributed by atoms with van der Waals surface area (Å²) in [5.74, 6) is 0.658. The Morgan fingerprint density at radius 2 is 2.05 bits per heavy atom. The van der Waals surface area contributed by atoms with Crippen LogP contribution in [0.2, 0.25) is 0 Å². The van der Waals surface area contributed by atoms with Crippen molar-refractivity contribution in [3.8, 4) is 5.75 Å². The van der Waals surface area contributed by atoms with Crippen molar-refractivity contribution in [1.29, 1.82) is 0 Å². The second kappa shape index (κ2) is 6.61. The fourth-order valence-corrected chi connectivity index (χ4v) is 2.60. The van der Waals surface area contributed by atoms with Crippen LogP contribution >= 0.6 is 0 Å². The number of rotatable bonds is 3. The van der Waals surface area contributed by atoms with Gasteiger partial charge in [0.25, 0.3) is 0 Å². The van der Waals surface area contributed by atoms with Gasteiger partial charge in [-0.3, -0.25) is 0 Å². The molecule has 5 nitrogen and oxygen atoms in total. The van der Waals surface area contributed by atoms with Gasteiger partial charge in [0, 0.05) is 18.1 Å². The van der Waals surface area contributed by atoms with Gasteiger partial charge in [0.2, 0.25) is 0 Å². The fraction of sp³-hybridized carbons (Fsp3) is 0.533. The maximum absolute atomic E-state index is 12.1. The molecule has 2 rings (SSSR count). The number of hydrogen-bond acceptors (Lipinski definition) is 3. The first-order chi connectivity index (χ1) is 9.60. The molecule has 1 aromatic carbocycles. The predicted octanol–water partition coefficient (Wildman–Crippen LogP) is 2.35. The lowest BCUT2D eigenvalue weighted by Crippen LogP contribution is -2.55. The average Bonchev–Trinajstić information content (AvgIpc) is 2.42. The van der Waals surface area contributed by atoms with E-state index in [0.717, 1.165) is 12.8 Å². The maximum atomic E-state index is 12.1. The summed E-state index contributed by atoms with van der Waals surface area (Å²) in [5, 5.41) is 9.31. The van der Waals surface area contributed by atoms with Crippen molar-refractivity contribution in [2.24, 2.45) is 0 Å². The van der Waals surface area contributed by atoms with Crippen molar-refractivity contribution in [2.75, 3.05) is 12.4 Å². The minimum Gasteiger partial charge on any atom is -0.495 e. The normalized spacial score (nSPS) is 25.9. The summed E-state index contributed by atoms with van der Waals surface area (Å²) >= 11 is 0. The highest BCUT2D eigenvalue weighted by atomic mass is 16.5. The zero-order valence-electron chi connectivity index (χ0n) is 12.3. The van der Waals surface area contributed by atoms with E-state index in [2.05, 4.69) is 29.8 Å². The molecule has 1 heterocycles. The molecule has 20 heavy (non-hydrogen) atoms. The lowest BCUT2D eigenvalue weighted by Gasteiger charge is -2.34. The molecule has 0 radical (unpaired) electrons. The van der Waals surface area contributed by atoms with Crippen LogP contribution in [-0.2, 0) is 0 Å². The van der Waals surface area contributed by atoms with Gasteiger partial charge in [-0.05, 0) is 38.8 Å². The first-order valence-corrected chi connectivity index (χ1v) is 7.06. The summed E-state index contributed by atoms with van der Waals surface area (Å²) in [6, 6.07) is 8.14. The molecule has 5 heteroatoms. The number of para-hydroxylation sites is 2. The van der Waals surface area contributed by atoms with Crippen LogP contribution in [0.25, 0.3) is 0 Å². The van der Waals surface area contributed by atoms with Crippen LogP contribution in [0.3, 0.4) is 0 Å². The molecule has 110 valence electrons. The molecule has 0 saturated carbocycles. The van der Waals surface area contributed by atoms with Gasteiger partial charge in [-0.1, -0.05) is 12.1 Å². The van der Waals surface area contributed by atoms with Crippen molar-refractivity contribution in [3.05, 3.63) is 24.3 Å². The Bertz CT molecular complexity index is 464. The molecule has 1 fully saturated rings. The molecule has 3 atom stereocenters. The maximum Gasteiger partial charge on any atom is 0.319 e. The van der Waals surface area contributed by atoms with Crippen LogP contribution in [0.15, 0.2) is 24.3 Å². The molecule has 2 amide bonds. The van der Waals surface area contributed by atoms with E-state index >= 15 is 0 Å². The lowest BCUT2D eigenvalue weighted by atomic mass is 9.95. The number of methoxy groups -OCH3 is 1. The van der Waals surface area contributed by atoms with Crippen molar-refractivity contribution < 1.29 is 9.53 Å². The molecule has 1 aromatic rings. The Labute approximate surface area is 120 Å². The zero-order valence-corrected chi connectivity index (χ0v) is 12.3. The van der Waals surface area contributed by atoms with Crippen LogP contribution in [0.5, 0.6) is 5.75 Å². The molecular weight excluding hydrogens is 254 g/mol. The number of amides is 2. The predicted molar refractivity (Wildman–Crippen MR) is 80.2 cm³/mol. The summed E-state index contributed by atoms with van der Waals surface area (Å²) in [6.45, 7) is 4.27. The molecule has 1 aliphatic heterocycles. The number of nitrogens with one attached hydrogen (secondary N) is 3. The van der Waals surface area contributed by atoms with E-state index in [0.29, 0.717) is 17.5 Å². The topological polar surface area (TPSA) is 62.4 Å². The van der Waals surface area contributed by atoms with E-state index in [1.54, 1.807) is 7.11 Å². The number of anilines is 1. The standard InChI is InChI=1S/C15H23N3O2/c1-10-8-9-12(11(2)16-10)17-15(19)18-13-6-4-5-7-14(13)20-3/h4-7,10-12,16H,8-9H2,1-3H3,(H2,17,18,19). The first kappa shape index (κ1) is 14.7. The van der Waals surface area contributed by atoms with Crippen molar-refractivity contribution in [2.45, 2.75) is 44.8 Å². The molecule has 0 aromatic heterocycles. The Morgan fingerprint density at radius 1 is 1.30 bits per heavy atom. The Morgan fingerprint density at radius 3 is 2.75 bits per heavy atom. The second-order valence-corrected chi connectivity index (χ2v) is 5.34. The number of benzene rings is 1. The number of hydrogen-bond donors (Lipinski definition) is 3. The van der Waals surface area contributed by atoms with Gasteiger partial charge in [0.15, 0.2) is 0 Å². The van der Waals surface area contributed by atoms with E-state index in [1.165, 1.54) is 0 Å². The highest BCUT2D eigenvalue weighted by Gasteiger charge is 2.25. The van der Waals surface area contributed by atoms with Gasteiger partial charge in [0.1, 0.15) is 5.75 Å². The molecule has 0 bridgehead atoms. The highest BCUT2D eigenvalue weighted by molar-refractivity contribution is 5.91. The van der Waals surface area contributed by atoms with E-state index < -0.39 is 0 Å². The number of piperidine rings is 1. The van der Waals surface area contributed by atoms with Gasteiger partial charge in [-0.2, -0.15) is 0 Å². The molecule has 0 spiro atoms. The van der Waals surface area contributed by atoms with Crippen LogP contribution < -0.4 is 20.7 Å². The van der Waals surface area contributed by atoms with Gasteiger partial charge in [-0.15, -0.1) is 0 Å². The lowest BCUT2D eigenvalue weighted by molar-refractivity contribution is 0.232. The van der Waals surface area contributed by atoms with Crippen LogP contribution in [0.4, 0.5) is 10.5 Å². The quantitative estimate of drug-likeness (QED) is 0.794.